The largest absolute Gasteiger partial charge is 0.227 e. The minimum Gasteiger partial charge on any atom is -0.227 e. The third kappa shape index (κ3) is 3.02. The standard InChI is InChI=1S/C11H24O4S2/c1-5-9-11(10-6-2,16(12,13)7-3)17(14,15)8-4/h5-10H2,1-4H3. The Bertz CT molecular complexity index is 378. The summed E-state index contributed by atoms with van der Waals surface area (Å²) in [7, 11) is -7.21. The Hall–Kier alpha value is -0.100. The number of hydrogen-bond donors (Lipinski definition) is 0. The van der Waals surface area contributed by atoms with E-state index in [1.807, 2.05) is 13.8 Å². The zero-order chi connectivity index (χ0) is 13.7. The van der Waals surface area contributed by atoms with Crippen LogP contribution in [0.4, 0.5) is 0 Å². The van der Waals surface area contributed by atoms with E-state index in [2.05, 4.69) is 0 Å². The molecule has 0 aromatic rings. The maximum Gasteiger partial charge on any atom is 0.173 e. The minimum absolute atomic E-state index is 0.119. The normalized spacial score (nSPS) is 13.9. The number of sulfone groups is 2. The molecule has 0 radical (unpaired) electrons. The zero-order valence-electron chi connectivity index (χ0n) is 11.2. The van der Waals surface area contributed by atoms with Gasteiger partial charge >= 0.3 is 0 Å². The van der Waals surface area contributed by atoms with Crippen molar-refractivity contribution in [1.29, 1.82) is 0 Å². The van der Waals surface area contributed by atoms with Crippen LogP contribution in [0.5, 0.6) is 0 Å². The maximum atomic E-state index is 12.2. The van der Waals surface area contributed by atoms with Gasteiger partial charge in [0, 0.05) is 11.5 Å². The SMILES string of the molecule is CCCC(CCC)(S(=O)(=O)CC)S(=O)(=O)CC. The predicted octanol–water partition coefficient (Wildman–Crippen LogP) is 2.15. The van der Waals surface area contributed by atoms with Gasteiger partial charge in [-0.25, -0.2) is 16.8 Å². The van der Waals surface area contributed by atoms with Gasteiger partial charge in [-0.15, -0.1) is 0 Å². The molecule has 0 fully saturated rings. The van der Waals surface area contributed by atoms with Gasteiger partial charge in [0.25, 0.3) is 0 Å². The Morgan fingerprint density at radius 3 is 1.18 bits per heavy atom. The Labute approximate surface area is 106 Å². The van der Waals surface area contributed by atoms with Crippen LogP contribution in [0.15, 0.2) is 0 Å². The number of hydrogen-bond acceptors (Lipinski definition) is 4. The quantitative estimate of drug-likeness (QED) is 0.685. The topological polar surface area (TPSA) is 68.3 Å². The van der Waals surface area contributed by atoms with Gasteiger partial charge in [-0.2, -0.15) is 0 Å². The smallest absolute Gasteiger partial charge is 0.173 e. The van der Waals surface area contributed by atoms with Crippen LogP contribution in [0.1, 0.15) is 53.4 Å². The minimum atomic E-state index is -3.60. The van der Waals surface area contributed by atoms with Crippen LogP contribution in [0.25, 0.3) is 0 Å². The maximum absolute atomic E-state index is 12.2. The van der Waals surface area contributed by atoms with Crippen molar-refractivity contribution in [1.82, 2.24) is 0 Å². The van der Waals surface area contributed by atoms with Crippen molar-refractivity contribution < 1.29 is 16.8 Å². The summed E-state index contributed by atoms with van der Waals surface area (Å²) >= 11 is 0. The molecule has 0 unspecified atom stereocenters. The van der Waals surface area contributed by atoms with Crippen molar-refractivity contribution in [3.63, 3.8) is 0 Å². The third-order valence-corrected chi connectivity index (χ3v) is 9.28. The van der Waals surface area contributed by atoms with Crippen LogP contribution >= 0.6 is 0 Å². The molecule has 0 aliphatic heterocycles. The monoisotopic (exact) mass is 284 g/mol. The molecule has 104 valence electrons. The molecule has 0 aromatic heterocycles. The lowest BCUT2D eigenvalue weighted by Crippen LogP contribution is -2.48. The molecule has 0 atom stereocenters. The van der Waals surface area contributed by atoms with Crippen LogP contribution in [0.3, 0.4) is 0 Å². The molecule has 0 spiro atoms. The molecule has 0 aliphatic rings. The lowest BCUT2D eigenvalue weighted by molar-refractivity contribution is 0.501. The van der Waals surface area contributed by atoms with Gasteiger partial charge in [-0.3, -0.25) is 0 Å². The van der Waals surface area contributed by atoms with E-state index in [9.17, 15) is 16.8 Å². The summed E-state index contributed by atoms with van der Waals surface area (Å²) in [6.07, 6.45) is 1.51. The average Bonchev–Trinajstić information content (AvgIpc) is 2.28. The molecule has 17 heavy (non-hydrogen) atoms. The predicted molar refractivity (Wildman–Crippen MR) is 71.5 cm³/mol. The Kier molecular flexibility index (Phi) is 6.14. The first-order valence-corrected chi connectivity index (χ1v) is 9.49. The summed E-state index contributed by atoms with van der Waals surface area (Å²) < 4.78 is 47.3. The van der Waals surface area contributed by atoms with E-state index in [0.717, 1.165) is 0 Å². The molecule has 4 nitrogen and oxygen atoms in total. The molecule has 0 aromatic carbocycles. The fraction of sp³-hybridized carbons (Fsp3) is 1.00. The van der Waals surface area contributed by atoms with Crippen molar-refractivity contribution in [3.05, 3.63) is 0 Å². The second kappa shape index (κ2) is 6.18. The van der Waals surface area contributed by atoms with Gasteiger partial charge in [0.05, 0.1) is 0 Å². The first-order chi connectivity index (χ1) is 7.74. The highest BCUT2D eigenvalue weighted by Gasteiger charge is 2.51. The summed E-state index contributed by atoms with van der Waals surface area (Å²) in [6.45, 7) is 6.67. The van der Waals surface area contributed by atoms with E-state index < -0.39 is 23.8 Å². The molecule has 0 saturated heterocycles. The molecule has 0 bridgehead atoms. The highest BCUT2D eigenvalue weighted by atomic mass is 32.3. The van der Waals surface area contributed by atoms with Gasteiger partial charge in [-0.05, 0) is 12.8 Å². The van der Waals surface area contributed by atoms with Crippen molar-refractivity contribution in [2.45, 2.75) is 57.5 Å². The van der Waals surface area contributed by atoms with E-state index in [0.29, 0.717) is 12.8 Å². The van der Waals surface area contributed by atoms with Crippen LogP contribution in [0, 0.1) is 0 Å². The molecular weight excluding hydrogens is 260 g/mol. The van der Waals surface area contributed by atoms with Gasteiger partial charge < -0.3 is 0 Å². The van der Waals surface area contributed by atoms with Crippen molar-refractivity contribution in [3.8, 4) is 0 Å². The van der Waals surface area contributed by atoms with Crippen molar-refractivity contribution in [2.75, 3.05) is 11.5 Å². The second-order valence-corrected chi connectivity index (χ2v) is 9.65. The third-order valence-electron chi connectivity index (χ3n) is 3.16. The lowest BCUT2D eigenvalue weighted by atomic mass is 10.1. The molecule has 0 heterocycles. The molecule has 6 heteroatoms. The molecular formula is C11H24O4S2. The van der Waals surface area contributed by atoms with E-state index >= 15 is 0 Å². The second-order valence-electron chi connectivity index (χ2n) is 4.22. The van der Waals surface area contributed by atoms with Crippen LogP contribution in [0.2, 0.25) is 0 Å². The summed E-state index contributed by atoms with van der Waals surface area (Å²) in [5, 5.41) is 0. The molecule has 0 saturated carbocycles. The highest BCUT2D eigenvalue weighted by molar-refractivity contribution is 8.10. The molecule has 0 rings (SSSR count). The zero-order valence-corrected chi connectivity index (χ0v) is 12.8. The lowest BCUT2D eigenvalue weighted by Gasteiger charge is -2.31. The van der Waals surface area contributed by atoms with Crippen LogP contribution in [-0.2, 0) is 19.7 Å². The average molecular weight is 284 g/mol. The first-order valence-electron chi connectivity index (χ1n) is 6.19. The highest BCUT2D eigenvalue weighted by Crippen LogP contribution is 2.36. The molecule has 0 aliphatic carbocycles. The van der Waals surface area contributed by atoms with E-state index in [1.54, 1.807) is 0 Å². The molecule has 0 N–H and O–H groups in total. The number of rotatable bonds is 8. The van der Waals surface area contributed by atoms with Crippen molar-refractivity contribution >= 4 is 19.7 Å². The Morgan fingerprint density at radius 2 is 1.00 bits per heavy atom. The summed E-state index contributed by atoms with van der Waals surface area (Å²) in [5.74, 6) is -0.238. The van der Waals surface area contributed by atoms with Crippen LogP contribution < -0.4 is 0 Å². The summed E-state index contributed by atoms with van der Waals surface area (Å²) in [4.78, 5) is 0. The molecule has 0 amide bonds. The van der Waals surface area contributed by atoms with Crippen LogP contribution in [-0.4, -0.2) is 32.4 Å². The fourth-order valence-electron chi connectivity index (χ4n) is 2.23. The van der Waals surface area contributed by atoms with Crippen molar-refractivity contribution in [2.24, 2.45) is 0 Å². The Balaban J connectivity index is 5.96. The fourth-order valence-corrected chi connectivity index (χ4v) is 7.60. The van der Waals surface area contributed by atoms with E-state index in [-0.39, 0.29) is 24.3 Å². The van der Waals surface area contributed by atoms with Gasteiger partial charge in [0.1, 0.15) is 0 Å². The van der Waals surface area contributed by atoms with E-state index in [1.165, 1.54) is 13.8 Å². The van der Waals surface area contributed by atoms with Gasteiger partial charge in [0.2, 0.25) is 0 Å². The summed E-state index contributed by atoms with van der Waals surface area (Å²) in [5.41, 5.74) is 0. The Morgan fingerprint density at radius 1 is 0.706 bits per heavy atom. The van der Waals surface area contributed by atoms with Gasteiger partial charge in [0.15, 0.2) is 23.8 Å². The summed E-state index contributed by atoms with van der Waals surface area (Å²) in [6, 6.07) is 0. The van der Waals surface area contributed by atoms with Gasteiger partial charge in [-0.1, -0.05) is 40.5 Å². The first kappa shape index (κ1) is 16.9. The van der Waals surface area contributed by atoms with E-state index in [4.69, 9.17) is 0 Å².